The van der Waals surface area contributed by atoms with Gasteiger partial charge < -0.3 is 10.6 Å². The molecule has 0 atom stereocenters. The molecule has 1 aliphatic rings. The van der Waals surface area contributed by atoms with E-state index >= 15 is 0 Å². The number of aromatic nitrogens is 2. The summed E-state index contributed by atoms with van der Waals surface area (Å²) >= 11 is 0. The van der Waals surface area contributed by atoms with Crippen LogP contribution in [0.3, 0.4) is 0 Å². The number of carbonyl (C=O) groups excluding carboxylic acids is 1. The number of amides is 2. The first-order chi connectivity index (χ1) is 13.0. The molecule has 0 aromatic carbocycles. The molecule has 0 unspecified atom stereocenters. The normalized spacial score (nSPS) is 13.5. The Kier molecular flexibility index (Phi) is 5.18. The van der Waals surface area contributed by atoms with E-state index in [-0.39, 0.29) is 6.03 Å². The van der Waals surface area contributed by atoms with Crippen LogP contribution < -0.4 is 11.1 Å². The minimum absolute atomic E-state index is 0.257. The minimum Gasteiger partial charge on any atom is -0.396 e. The predicted octanol–water partition coefficient (Wildman–Crippen LogP) is 2.98. The Morgan fingerprint density at radius 3 is 2.96 bits per heavy atom. The van der Waals surface area contributed by atoms with Crippen molar-refractivity contribution in [1.82, 2.24) is 14.9 Å². The topological polar surface area (TPSA) is 96.5 Å². The lowest BCUT2D eigenvalue weighted by molar-refractivity contribution is 0.212. The number of nitrogens with one attached hydrogen (secondary N) is 1. The monoisotopic (exact) mass is 360 g/mol. The molecule has 2 aromatic rings. The second kappa shape index (κ2) is 7.70. The van der Waals surface area contributed by atoms with Gasteiger partial charge in [-0.15, -0.1) is 6.42 Å². The van der Waals surface area contributed by atoms with Crippen LogP contribution in [0.15, 0.2) is 35.6 Å². The number of aryl methyl sites for hydroxylation is 1. The van der Waals surface area contributed by atoms with Crippen LogP contribution in [0.25, 0.3) is 5.57 Å². The Hall–Kier alpha value is -3.66. The van der Waals surface area contributed by atoms with E-state index in [1.807, 2.05) is 26.1 Å². The number of nitrogens with zero attached hydrogens (tertiary/aromatic N) is 4. The smallest absolute Gasteiger partial charge is 0.323 e. The number of terminal acetylenes is 1. The molecule has 3 N–H and O–H groups in total. The summed E-state index contributed by atoms with van der Waals surface area (Å²) < 4.78 is 0. The zero-order valence-electron chi connectivity index (χ0n) is 15.2. The van der Waals surface area contributed by atoms with Gasteiger partial charge in [-0.05, 0) is 48.7 Å². The fourth-order valence-electron chi connectivity index (χ4n) is 2.77. The molecular weight excluding hydrogens is 340 g/mol. The molecule has 27 heavy (non-hydrogen) atoms. The van der Waals surface area contributed by atoms with Crippen molar-refractivity contribution in [2.24, 2.45) is 4.99 Å². The van der Waals surface area contributed by atoms with E-state index in [1.54, 1.807) is 23.2 Å². The van der Waals surface area contributed by atoms with Crippen molar-refractivity contribution in [3.05, 3.63) is 53.1 Å². The lowest BCUT2D eigenvalue weighted by Crippen LogP contribution is -2.31. The first-order valence-electron chi connectivity index (χ1n) is 8.39. The second-order valence-corrected chi connectivity index (χ2v) is 6.27. The summed E-state index contributed by atoms with van der Waals surface area (Å²) in [5.41, 5.74) is 10.9. The summed E-state index contributed by atoms with van der Waals surface area (Å²) in [6.45, 7) is 4.82. The number of hydrogen-bond acceptors (Lipinski definition) is 5. The highest BCUT2D eigenvalue weighted by Crippen LogP contribution is 2.25. The number of nitrogens with two attached hydrogens (primary N) is 1. The van der Waals surface area contributed by atoms with E-state index in [4.69, 9.17) is 12.2 Å². The molecule has 7 nitrogen and oxygen atoms in total. The van der Waals surface area contributed by atoms with Gasteiger partial charge in [0.25, 0.3) is 0 Å². The summed E-state index contributed by atoms with van der Waals surface area (Å²) in [4.78, 5) is 27.0. The molecule has 0 saturated carbocycles. The zero-order valence-corrected chi connectivity index (χ0v) is 15.2. The SMILES string of the molecule is C#CC=N/C=C(\C)c1ccc(N)c(NC(=O)N2Cc3cnc(C)cc3C2)n1. The number of allylic oxidation sites excluding steroid dienone is 1. The average Bonchev–Trinajstić information content (AvgIpc) is 3.07. The van der Waals surface area contributed by atoms with Crippen LogP contribution in [0.1, 0.15) is 29.4 Å². The van der Waals surface area contributed by atoms with Gasteiger partial charge in [0.15, 0.2) is 5.82 Å². The van der Waals surface area contributed by atoms with Gasteiger partial charge in [-0.3, -0.25) is 15.3 Å². The Bertz CT molecular complexity index is 986. The van der Waals surface area contributed by atoms with Crippen LogP contribution in [-0.2, 0) is 13.1 Å². The molecule has 2 amide bonds. The summed E-state index contributed by atoms with van der Waals surface area (Å²) in [6.07, 6.45) is 9.91. The number of urea groups is 1. The maximum Gasteiger partial charge on any atom is 0.323 e. The van der Waals surface area contributed by atoms with Gasteiger partial charge in [-0.25, -0.2) is 9.78 Å². The van der Waals surface area contributed by atoms with E-state index in [9.17, 15) is 4.79 Å². The molecule has 0 spiro atoms. The van der Waals surface area contributed by atoms with Crippen LogP contribution in [0.2, 0.25) is 0 Å². The molecule has 0 radical (unpaired) electrons. The summed E-state index contributed by atoms with van der Waals surface area (Å²) in [5, 5.41) is 2.80. The fraction of sp³-hybridized carbons (Fsp3) is 0.200. The Morgan fingerprint density at radius 2 is 2.19 bits per heavy atom. The number of hydrogen-bond donors (Lipinski definition) is 2. The molecule has 3 rings (SSSR count). The Balaban J connectivity index is 1.75. The molecule has 2 aromatic heterocycles. The molecule has 7 heteroatoms. The zero-order chi connectivity index (χ0) is 19.4. The van der Waals surface area contributed by atoms with Crippen LogP contribution in [-0.4, -0.2) is 27.1 Å². The number of aliphatic imine (C=N–C) groups is 1. The van der Waals surface area contributed by atoms with Gasteiger partial charge in [-0.1, -0.05) is 5.92 Å². The van der Waals surface area contributed by atoms with E-state index in [0.29, 0.717) is 30.3 Å². The number of anilines is 2. The van der Waals surface area contributed by atoms with Crippen LogP contribution in [0.4, 0.5) is 16.3 Å². The lowest BCUT2D eigenvalue weighted by atomic mass is 10.2. The molecule has 136 valence electrons. The summed E-state index contributed by atoms with van der Waals surface area (Å²) in [7, 11) is 0. The van der Waals surface area contributed by atoms with Gasteiger partial charge >= 0.3 is 6.03 Å². The third-order valence-electron chi connectivity index (χ3n) is 4.20. The summed E-state index contributed by atoms with van der Waals surface area (Å²) in [5.74, 6) is 2.64. The quantitative estimate of drug-likeness (QED) is 0.649. The van der Waals surface area contributed by atoms with E-state index in [0.717, 1.165) is 22.4 Å². The first kappa shape index (κ1) is 18.1. The standard InChI is InChI=1S/C20H20N6O/c1-4-7-22-9-13(2)18-6-5-17(21)19(24-18)25-20(27)26-11-15-8-14(3)23-10-16(15)12-26/h1,5-10H,11-12,21H2,2-3H3,(H,24,25,27)/b13-9+,22-7?. The van der Waals surface area contributed by atoms with Crippen LogP contribution in [0, 0.1) is 19.3 Å². The first-order valence-corrected chi connectivity index (χ1v) is 8.39. The maximum absolute atomic E-state index is 12.7. The third kappa shape index (κ3) is 4.12. The van der Waals surface area contributed by atoms with Crippen molar-refractivity contribution in [3.63, 3.8) is 0 Å². The van der Waals surface area contributed by atoms with E-state index in [2.05, 4.69) is 26.2 Å². The van der Waals surface area contributed by atoms with Gasteiger partial charge in [-0.2, -0.15) is 0 Å². The van der Waals surface area contributed by atoms with E-state index < -0.39 is 0 Å². The van der Waals surface area contributed by atoms with Gasteiger partial charge in [0, 0.05) is 31.2 Å². The molecule has 0 fully saturated rings. The fourth-order valence-corrected chi connectivity index (χ4v) is 2.77. The van der Waals surface area contributed by atoms with Crippen molar-refractivity contribution in [3.8, 4) is 12.3 Å². The largest absolute Gasteiger partial charge is 0.396 e. The number of carbonyl (C=O) groups is 1. The van der Waals surface area contributed by atoms with Crippen molar-refractivity contribution in [2.75, 3.05) is 11.1 Å². The highest BCUT2D eigenvalue weighted by Gasteiger charge is 2.24. The van der Waals surface area contributed by atoms with Crippen molar-refractivity contribution in [1.29, 1.82) is 0 Å². The lowest BCUT2D eigenvalue weighted by Gasteiger charge is -2.17. The molecule has 0 aliphatic carbocycles. The predicted molar refractivity (Wildman–Crippen MR) is 107 cm³/mol. The second-order valence-electron chi connectivity index (χ2n) is 6.27. The van der Waals surface area contributed by atoms with Gasteiger partial charge in [0.2, 0.25) is 0 Å². The van der Waals surface area contributed by atoms with Crippen molar-refractivity contribution in [2.45, 2.75) is 26.9 Å². The van der Waals surface area contributed by atoms with Crippen LogP contribution >= 0.6 is 0 Å². The average molecular weight is 360 g/mol. The molecule has 1 aliphatic heterocycles. The van der Waals surface area contributed by atoms with Crippen molar-refractivity contribution >= 4 is 29.3 Å². The minimum atomic E-state index is -0.257. The number of nitrogen functional groups attached to an aromatic ring is 1. The number of rotatable bonds is 3. The van der Waals surface area contributed by atoms with Gasteiger partial charge in [0.05, 0.1) is 17.6 Å². The van der Waals surface area contributed by atoms with E-state index in [1.165, 1.54) is 6.21 Å². The highest BCUT2D eigenvalue weighted by molar-refractivity contribution is 5.92. The maximum atomic E-state index is 12.7. The highest BCUT2D eigenvalue weighted by atomic mass is 16.2. The third-order valence-corrected chi connectivity index (χ3v) is 4.20. The number of fused-ring (bicyclic) bond motifs is 1. The van der Waals surface area contributed by atoms with Gasteiger partial charge in [0.1, 0.15) is 0 Å². The summed E-state index contributed by atoms with van der Waals surface area (Å²) in [6, 6.07) is 5.21. The molecule has 3 heterocycles. The molecule has 0 bridgehead atoms. The van der Waals surface area contributed by atoms with Crippen LogP contribution in [0.5, 0.6) is 0 Å². The van der Waals surface area contributed by atoms with Crippen molar-refractivity contribution < 1.29 is 4.79 Å². The molecule has 0 saturated heterocycles. The molecular formula is C20H20N6O. The Morgan fingerprint density at radius 1 is 1.41 bits per heavy atom. The number of pyridine rings is 2. The Labute approximate surface area is 158 Å².